The van der Waals surface area contributed by atoms with Crippen LogP contribution in [0.2, 0.25) is 0 Å². The van der Waals surface area contributed by atoms with Gasteiger partial charge in [-0.1, -0.05) is 0 Å². The van der Waals surface area contributed by atoms with Crippen molar-refractivity contribution in [2.45, 2.75) is 0 Å². The molecule has 0 atom stereocenters. The van der Waals surface area contributed by atoms with Gasteiger partial charge in [-0.15, -0.1) is 0 Å². The fraction of sp³-hybridized carbons (Fsp3) is 0.444. The standard InChI is InChI=1S/C9H14N8O/c1-10-7-13-8(16(2)3-4-18)15-9(14-7)17-6-11-5-12-17/h5-6,18H,3-4H2,1-2H3,(H,10,13,14,15). The molecule has 0 fully saturated rings. The number of aromatic nitrogens is 6. The summed E-state index contributed by atoms with van der Waals surface area (Å²) in [5, 5.41) is 15.7. The molecule has 18 heavy (non-hydrogen) atoms. The molecule has 9 nitrogen and oxygen atoms in total. The zero-order chi connectivity index (χ0) is 13.0. The molecule has 0 aliphatic carbocycles. The summed E-state index contributed by atoms with van der Waals surface area (Å²) in [6, 6.07) is 0. The maximum Gasteiger partial charge on any atom is 0.258 e. The Kier molecular flexibility index (Phi) is 3.63. The highest BCUT2D eigenvalue weighted by atomic mass is 16.3. The third-order valence-corrected chi connectivity index (χ3v) is 2.24. The molecule has 0 aliphatic heterocycles. The molecule has 2 aromatic heterocycles. The Morgan fingerprint density at radius 2 is 2.22 bits per heavy atom. The number of aliphatic hydroxyl groups excluding tert-OH is 1. The van der Waals surface area contributed by atoms with Crippen molar-refractivity contribution < 1.29 is 5.11 Å². The minimum Gasteiger partial charge on any atom is -0.395 e. The zero-order valence-corrected chi connectivity index (χ0v) is 10.1. The molecular weight excluding hydrogens is 236 g/mol. The minimum absolute atomic E-state index is 0.0235. The number of anilines is 2. The zero-order valence-electron chi connectivity index (χ0n) is 10.1. The summed E-state index contributed by atoms with van der Waals surface area (Å²) in [4.78, 5) is 18.2. The normalized spacial score (nSPS) is 10.4. The summed E-state index contributed by atoms with van der Waals surface area (Å²) in [5.74, 6) is 1.25. The van der Waals surface area contributed by atoms with Gasteiger partial charge >= 0.3 is 0 Å². The van der Waals surface area contributed by atoms with Gasteiger partial charge in [-0.05, 0) is 0 Å². The Hall–Kier alpha value is -2.29. The Balaban J connectivity index is 2.39. The fourth-order valence-corrected chi connectivity index (χ4v) is 1.30. The van der Waals surface area contributed by atoms with Crippen molar-refractivity contribution in [3.05, 3.63) is 12.7 Å². The molecular formula is C9H14N8O. The van der Waals surface area contributed by atoms with Crippen LogP contribution < -0.4 is 10.2 Å². The van der Waals surface area contributed by atoms with Gasteiger partial charge in [0.15, 0.2) is 0 Å². The van der Waals surface area contributed by atoms with E-state index in [9.17, 15) is 0 Å². The second kappa shape index (κ2) is 5.36. The van der Waals surface area contributed by atoms with Crippen LogP contribution in [0.1, 0.15) is 0 Å². The number of nitrogens with zero attached hydrogens (tertiary/aromatic N) is 7. The van der Waals surface area contributed by atoms with Crippen LogP contribution in [0.5, 0.6) is 0 Å². The van der Waals surface area contributed by atoms with E-state index in [0.717, 1.165) is 0 Å². The van der Waals surface area contributed by atoms with E-state index < -0.39 is 0 Å². The minimum atomic E-state index is 0.0235. The number of hydrogen-bond donors (Lipinski definition) is 2. The molecule has 0 aromatic carbocycles. The quantitative estimate of drug-likeness (QED) is 0.690. The monoisotopic (exact) mass is 250 g/mol. The predicted octanol–water partition coefficient (Wildman–Crippen LogP) is -1.08. The van der Waals surface area contributed by atoms with Crippen LogP contribution in [0, 0.1) is 0 Å². The topological polar surface area (TPSA) is 105 Å². The number of nitrogens with one attached hydrogen (secondary N) is 1. The predicted molar refractivity (Wildman–Crippen MR) is 64.6 cm³/mol. The van der Waals surface area contributed by atoms with Crippen molar-refractivity contribution in [1.29, 1.82) is 0 Å². The first-order valence-corrected chi connectivity index (χ1v) is 5.35. The van der Waals surface area contributed by atoms with E-state index in [2.05, 4.69) is 30.4 Å². The largest absolute Gasteiger partial charge is 0.395 e. The SMILES string of the molecule is CNc1nc(N(C)CCO)nc(-n2cncn2)n1. The molecule has 2 heterocycles. The molecule has 96 valence electrons. The third-order valence-electron chi connectivity index (χ3n) is 2.24. The Bertz CT molecular complexity index is 499. The highest BCUT2D eigenvalue weighted by Crippen LogP contribution is 2.10. The second-order valence-corrected chi connectivity index (χ2v) is 3.49. The van der Waals surface area contributed by atoms with E-state index >= 15 is 0 Å². The summed E-state index contributed by atoms with van der Waals surface area (Å²) < 4.78 is 1.44. The number of aliphatic hydroxyl groups is 1. The summed E-state index contributed by atoms with van der Waals surface area (Å²) >= 11 is 0. The second-order valence-electron chi connectivity index (χ2n) is 3.49. The van der Waals surface area contributed by atoms with E-state index in [-0.39, 0.29) is 6.61 Å². The summed E-state index contributed by atoms with van der Waals surface area (Å²) in [7, 11) is 3.51. The van der Waals surface area contributed by atoms with Crippen LogP contribution >= 0.6 is 0 Å². The van der Waals surface area contributed by atoms with E-state index in [0.29, 0.717) is 24.4 Å². The van der Waals surface area contributed by atoms with Gasteiger partial charge in [-0.2, -0.15) is 24.7 Å². The maximum absolute atomic E-state index is 8.92. The summed E-state index contributed by atoms with van der Waals surface area (Å²) in [5.41, 5.74) is 0. The first-order valence-electron chi connectivity index (χ1n) is 5.35. The van der Waals surface area contributed by atoms with E-state index in [1.54, 1.807) is 19.0 Å². The van der Waals surface area contributed by atoms with Crippen molar-refractivity contribution in [3.63, 3.8) is 0 Å². The molecule has 0 aliphatic rings. The van der Waals surface area contributed by atoms with E-state index in [1.165, 1.54) is 17.3 Å². The Morgan fingerprint density at radius 1 is 1.39 bits per heavy atom. The smallest absolute Gasteiger partial charge is 0.258 e. The molecule has 0 saturated carbocycles. The van der Waals surface area contributed by atoms with Crippen LogP contribution in [0.3, 0.4) is 0 Å². The lowest BCUT2D eigenvalue weighted by molar-refractivity contribution is 0.303. The van der Waals surface area contributed by atoms with Crippen molar-refractivity contribution in [3.8, 4) is 5.95 Å². The Morgan fingerprint density at radius 3 is 2.83 bits per heavy atom. The molecule has 9 heteroatoms. The highest BCUT2D eigenvalue weighted by molar-refractivity contribution is 5.38. The van der Waals surface area contributed by atoms with Gasteiger partial charge in [0.2, 0.25) is 11.9 Å². The molecule has 0 unspecified atom stereocenters. The lowest BCUT2D eigenvalue weighted by Crippen LogP contribution is -2.24. The highest BCUT2D eigenvalue weighted by Gasteiger charge is 2.11. The lowest BCUT2D eigenvalue weighted by Gasteiger charge is -2.16. The molecule has 0 amide bonds. The first kappa shape index (κ1) is 12.2. The molecule has 2 aromatic rings. The van der Waals surface area contributed by atoms with Crippen LogP contribution in [-0.2, 0) is 0 Å². The lowest BCUT2D eigenvalue weighted by atomic mass is 10.6. The van der Waals surface area contributed by atoms with Crippen molar-refractivity contribution in [1.82, 2.24) is 29.7 Å². The Labute approximate surface area is 104 Å². The molecule has 2 N–H and O–H groups in total. The molecule has 0 saturated heterocycles. The van der Waals surface area contributed by atoms with Crippen molar-refractivity contribution in [2.75, 3.05) is 37.5 Å². The van der Waals surface area contributed by atoms with Gasteiger partial charge in [-0.25, -0.2) is 4.98 Å². The number of likely N-dealkylation sites (N-methyl/N-ethyl adjacent to an activating group) is 1. The fourth-order valence-electron chi connectivity index (χ4n) is 1.30. The van der Waals surface area contributed by atoms with E-state index in [4.69, 9.17) is 5.11 Å². The summed E-state index contributed by atoms with van der Waals surface area (Å²) in [6.07, 6.45) is 2.91. The summed E-state index contributed by atoms with van der Waals surface area (Å²) in [6.45, 7) is 0.458. The van der Waals surface area contributed by atoms with Crippen LogP contribution in [0.15, 0.2) is 12.7 Å². The van der Waals surface area contributed by atoms with Gasteiger partial charge in [0, 0.05) is 20.6 Å². The van der Waals surface area contributed by atoms with Crippen LogP contribution in [0.4, 0.5) is 11.9 Å². The molecule has 2 rings (SSSR count). The van der Waals surface area contributed by atoms with E-state index in [1.807, 2.05) is 0 Å². The van der Waals surface area contributed by atoms with Gasteiger partial charge in [-0.3, -0.25) is 0 Å². The van der Waals surface area contributed by atoms with Crippen LogP contribution in [0.25, 0.3) is 5.95 Å². The van der Waals surface area contributed by atoms with Gasteiger partial charge in [0.1, 0.15) is 12.7 Å². The third kappa shape index (κ3) is 2.51. The van der Waals surface area contributed by atoms with Crippen molar-refractivity contribution in [2.24, 2.45) is 0 Å². The molecule has 0 bridgehead atoms. The van der Waals surface area contributed by atoms with Crippen molar-refractivity contribution >= 4 is 11.9 Å². The number of rotatable bonds is 5. The van der Waals surface area contributed by atoms with Gasteiger partial charge < -0.3 is 15.3 Å². The average Bonchev–Trinajstić information content (AvgIpc) is 2.92. The maximum atomic E-state index is 8.92. The van der Waals surface area contributed by atoms with Gasteiger partial charge in [0.25, 0.3) is 5.95 Å². The first-order chi connectivity index (χ1) is 8.74. The van der Waals surface area contributed by atoms with Crippen LogP contribution in [-0.4, -0.2) is 62.1 Å². The average molecular weight is 250 g/mol. The molecule has 0 spiro atoms. The number of hydrogen-bond acceptors (Lipinski definition) is 8. The molecule has 0 radical (unpaired) electrons. The van der Waals surface area contributed by atoms with Gasteiger partial charge in [0.05, 0.1) is 6.61 Å².